The van der Waals surface area contributed by atoms with E-state index in [1.54, 1.807) is 54.9 Å². The lowest BCUT2D eigenvalue weighted by Gasteiger charge is -2.26. The van der Waals surface area contributed by atoms with Crippen molar-refractivity contribution in [2.45, 2.75) is 26.4 Å². The topological polar surface area (TPSA) is 89.0 Å². The Hall–Kier alpha value is -4.91. The maximum Gasteiger partial charge on any atom is 0.295 e. The Morgan fingerprint density at radius 3 is 2.44 bits per heavy atom. The number of hydrogen-bond acceptors (Lipinski definition) is 6. The lowest BCUT2D eigenvalue weighted by Crippen LogP contribution is -2.29. The highest BCUT2D eigenvalue weighted by molar-refractivity contribution is 6.46. The molecule has 0 saturated carbocycles. The summed E-state index contributed by atoms with van der Waals surface area (Å²) in [5, 5.41) is 11.5. The van der Waals surface area contributed by atoms with Crippen molar-refractivity contribution in [2.75, 3.05) is 6.61 Å². The second-order valence-corrected chi connectivity index (χ2v) is 9.19. The fraction of sp³-hybridized carbons (Fsp3) is 0.156. The Balaban J connectivity index is 1.62. The van der Waals surface area contributed by atoms with E-state index in [1.807, 2.05) is 56.3 Å². The van der Waals surface area contributed by atoms with Crippen LogP contribution in [-0.4, -0.2) is 33.3 Å². The Kier molecular flexibility index (Phi) is 7.41. The SMILES string of the molecule is CCOc1ccc(/C(O)=C2/C(=O)C(=O)N(Cc3cccnc3)C2c2cccc(Oc3ccccc3)c2)c(C)c1. The molecule has 1 unspecified atom stereocenters. The van der Waals surface area contributed by atoms with E-state index >= 15 is 0 Å². The number of pyridine rings is 1. The first kappa shape index (κ1) is 25.7. The van der Waals surface area contributed by atoms with E-state index in [4.69, 9.17) is 9.47 Å². The predicted octanol–water partition coefficient (Wildman–Crippen LogP) is 6.20. The molecule has 0 radical (unpaired) electrons. The van der Waals surface area contributed by atoms with Gasteiger partial charge < -0.3 is 19.5 Å². The van der Waals surface area contributed by atoms with Gasteiger partial charge in [0.15, 0.2) is 0 Å². The molecule has 7 heteroatoms. The summed E-state index contributed by atoms with van der Waals surface area (Å²) in [4.78, 5) is 32.5. The number of benzene rings is 3. The van der Waals surface area contributed by atoms with E-state index in [-0.39, 0.29) is 17.9 Å². The molecule has 0 spiro atoms. The number of ether oxygens (including phenoxy) is 2. The van der Waals surface area contributed by atoms with Crippen molar-refractivity contribution in [3.63, 3.8) is 0 Å². The molecule has 3 aromatic carbocycles. The van der Waals surface area contributed by atoms with Gasteiger partial charge in [-0.05, 0) is 79.1 Å². The minimum Gasteiger partial charge on any atom is -0.507 e. The van der Waals surface area contributed by atoms with Crippen LogP contribution in [-0.2, 0) is 16.1 Å². The van der Waals surface area contributed by atoms with Crippen LogP contribution in [0.15, 0.2) is 103 Å². The fourth-order valence-electron chi connectivity index (χ4n) is 4.75. The number of aryl methyl sites for hydroxylation is 1. The molecule has 1 aromatic heterocycles. The van der Waals surface area contributed by atoms with E-state index in [9.17, 15) is 14.7 Å². The van der Waals surface area contributed by atoms with Crippen LogP contribution in [0.3, 0.4) is 0 Å². The molecule has 39 heavy (non-hydrogen) atoms. The van der Waals surface area contributed by atoms with Gasteiger partial charge in [0.2, 0.25) is 0 Å². The summed E-state index contributed by atoms with van der Waals surface area (Å²) in [6.45, 7) is 4.37. The number of carbonyl (C=O) groups is 2. The van der Waals surface area contributed by atoms with E-state index < -0.39 is 17.7 Å². The standard InChI is InChI=1S/C32H28N2O5/c1-3-38-25-14-15-27(21(2)17-25)30(35)28-29(34(32(37)31(28)36)20-22-9-8-16-33-19-22)23-10-7-13-26(18-23)39-24-11-5-4-6-12-24/h4-19,29,35H,3,20H2,1-2H3/b30-28-. The number of nitrogens with zero attached hydrogens (tertiary/aromatic N) is 2. The summed E-state index contributed by atoms with van der Waals surface area (Å²) >= 11 is 0. The molecule has 2 heterocycles. The molecule has 1 aliphatic rings. The average Bonchev–Trinajstić information content (AvgIpc) is 3.19. The van der Waals surface area contributed by atoms with Crippen LogP contribution in [0.1, 0.15) is 35.2 Å². The number of aliphatic hydroxyl groups excluding tert-OH is 1. The van der Waals surface area contributed by atoms with Gasteiger partial charge in [-0.1, -0.05) is 36.4 Å². The number of amides is 1. The van der Waals surface area contributed by atoms with Gasteiger partial charge in [0.05, 0.1) is 18.2 Å². The summed E-state index contributed by atoms with van der Waals surface area (Å²) in [6.07, 6.45) is 3.30. The molecule has 5 rings (SSSR count). The molecule has 0 bridgehead atoms. The highest BCUT2D eigenvalue weighted by Crippen LogP contribution is 2.42. The van der Waals surface area contributed by atoms with Crippen LogP contribution >= 0.6 is 0 Å². The first-order chi connectivity index (χ1) is 19.0. The second-order valence-electron chi connectivity index (χ2n) is 9.19. The summed E-state index contributed by atoms with van der Waals surface area (Å²) < 4.78 is 11.6. The molecule has 1 aliphatic heterocycles. The average molecular weight is 521 g/mol. The molecular formula is C32H28N2O5. The largest absolute Gasteiger partial charge is 0.507 e. The number of Topliss-reactive ketones (excluding diaryl/α,β-unsaturated/α-hetero) is 1. The normalized spacial score (nSPS) is 16.4. The fourth-order valence-corrected chi connectivity index (χ4v) is 4.75. The van der Waals surface area contributed by atoms with Gasteiger partial charge in [0.25, 0.3) is 11.7 Å². The van der Waals surface area contributed by atoms with E-state index in [0.29, 0.717) is 35.0 Å². The maximum atomic E-state index is 13.5. The zero-order valence-corrected chi connectivity index (χ0v) is 21.7. The lowest BCUT2D eigenvalue weighted by atomic mass is 9.93. The van der Waals surface area contributed by atoms with Crippen LogP contribution in [0.2, 0.25) is 0 Å². The molecule has 1 saturated heterocycles. The number of likely N-dealkylation sites (tertiary alicyclic amines) is 1. The number of hydrogen-bond donors (Lipinski definition) is 1. The van der Waals surface area contributed by atoms with Crippen molar-refractivity contribution in [1.29, 1.82) is 0 Å². The highest BCUT2D eigenvalue weighted by Gasteiger charge is 2.46. The minimum absolute atomic E-state index is 0.0213. The molecule has 196 valence electrons. The Morgan fingerprint density at radius 2 is 1.72 bits per heavy atom. The molecule has 1 N–H and O–H groups in total. The summed E-state index contributed by atoms with van der Waals surface area (Å²) in [6, 6.07) is 24.6. The van der Waals surface area contributed by atoms with Crippen molar-refractivity contribution in [2.24, 2.45) is 0 Å². The smallest absolute Gasteiger partial charge is 0.295 e. The third kappa shape index (κ3) is 5.38. The molecule has 1 atom stereocenters. The van der Waals surface area contributed by atoms with Crippen LogP contribution in [0.5, 0.6) is 17.2 Å². The predicted molar refractivity (Wildman–Crippen MR) is 147 cm³/mol. The van der Waals surface area contributed by atoms with Gasteiger partial charge in [-0.15, -0.1) is 0 Å². The summed E-state index contributed by atoms with van der Waals surface area (Å²) in [5.74, 6) is 0.187. The molecule has 4 aromatic rings. The van der Waals surface area contributed by atoms with Crippen LogP contribution in [0, 0.1) is 6.92 Å². The van der Waals surface area contributed by atoms with Crippen molar-refractivity contribution in [3.05, 3.63) is 125 Å². The van der Waals surface area contributed by atoms with E-state index in [0.717, 1.165) is 11.1 Å². The monoisotopic (exact) mass is 520 g/mol. The summed E-state index contributed by atoms with van der Waals surface area (Å²) in [7, 11) is 0. The van der Waals surface area contributed by atoms with Gasteiger partial charge in [0.1, 0.15) is 23.0 Å². The van der Waals surface area contributed by atoms with E-state index in [1.165, 1.54) is 4.90 Å². The Bertz CT molecular complexity index is 1530. The van der Waals surface area contributed by atoms with Crippen molar-refractivity contribution < 1.29 is 24.2 Å². The molecule has 1 amide bonds. The van der Waals surface area contributed by atoms with Crippen molar-refractivity contribution in [1.82, 2.24) is 9.88 Å². The van der Waals surface area contributed by atoms with E-state index in [2.05, 4.69) is 4.98 Å². The zero-order chi connectivity index (χ0) is 27.4. The summed E-state index contributed by atoms with van der Waals surface area (Å²) in [5.41, 5.74) is 2.60. The van der Waals surface area contributed by atoms with Gasteiger partial charge in [-0.25, -0.2) is 0 Å². The van der Waals surface area contributed by atoms with Crippen LogP contribution < -0.4 is 9.47 Å². The van der Waals surface area contributed by atoms with Crippen molar-refractivity contribution in [3.8, 4) is 17.2 Å². The zero-order valence-electron chi connectivity index (χ0n) is 21.7. The minimum atomic E-state index is -0.838. The molecular weight excluding hydrogens is 492 g/mol. The Morgan fingerprint density at radius 1 is 0.923 bits per heavy atom. The van der Waals surface area contributed by atoms with Gasteiger partial charge in [-0.2, -0.15) is 0 Å². The van der Waals surface area contributed by atoms with Crippen LogP contribution in [0.4, 0.5) is 0 Å². The first-order valence-corrected chi connectivity index (χ1v) is 12.7. The third-order valence-corrected chi connectivity index (χ3v) is 6.53. The van der Waals surface area contributed by atoms with Crippen LogP contribution in [0.25, 0.3) is 5.76 Å². The molecule has 7 nitrogen and oxygen atoms in total. The highest BCUT2D eigenvalue weighted by atomic mass is 16.5. The molecule has 1 fully saturated rings. The number of carbonyl (C=O) groups excluding carboxylic acids is 2. The number of aliphatic hydroxyl groups is 1. The number of rotatable bonds is 8. The van der Waals surface area contributed by atoms with Crippen molar-refractivity contribution >= 4 is 17.4 Å². The number of ketones is 1. The number of para-hydroxylation sites is 1. The Labute approximate surface area is 227 Å². The third-order valence-electron chi connectivity index (χ3n) is 6.53. The number of aromatic nitrogens is 1. The van der Waals surface area contributed by atoms with Gasteiger partial charge >= 0.3 is 0 Å². The first-order valence-electron chi connectivity index (χ1n) is 12.7. The molecule has 0 aliphatic carbocycles. The van der Waals surface area contributed by atoms with Gasteiger partial charge in [0, 0.05) is 24.5 Å². The quantitative estimate of drug-likeness (QED) is 0.169. The lowest BCUT2D eigenvalue weighted by molar-refractivity contribution is -0.140. The maximum absolute atomic E-state index is 13.5. The second kappa shape index (κ2) is 11.2. The van der Waals surface area contributed by atoms with Gasteiger partial charge in [-0.3, -0.25) is 14.6 Å².